The van der Waals surface area contributed by atoms with Crippen LogP contribution < -0.4 is 4.74 Å². The van der Waals surface area contributed by atoms with Gasteiger partial charge in [0.15, 0.2) is 12.4 Å². The molecule has 1 fully saturated rings. The summed E-state index contributed by atoms with van der Waals surface area (Å²) in [4.78, 5) is 24.9. The summed E-state index contributed by atoms with van der Waals surface area (Å²) in [6.07, 6.45) is 0.709. The lowest BCUT2D eigenvalue weighted by atomic mass is 9.98. The number of rotatable bonds is 7. The first-order chi connectivity index (χ1) is 14.3. The molecule has 1 aliphatic rings. The molecule has 0 aromatic heterocycles. The lowest BCUT2D eigenvalue weighted by Crippen LogP contribution is -2.40. The van der Waals surface area contributed by atoms with Crippen LogP contribution in [0, 0.1) is 5.92 Å². The van der Waals surface area contributed by atoms with E-state index in [4.69, 9.17) is 9.47 Å². The Morgan fingerprint density at radius 2 is 1.77 bits per heavy atom. The van der Waals surface area contributed by atoms with Gasteiger partial charge in [-0.05, 0) is 59.1 Å². The summed E-state index contributed by atoms with van der Waals surface area (Å²) in [5, 5.41) is 0. The molecule has 2 aromatic carbocycles. The van der Waals surface area contributed by atoms with Crippen molar-refractivity contribution in [2.45, 2.75) is 17.7 Å². The number of piperidine rings is 1. The molecule has 0 atom stereocenters. The molecule has 9 heteroatoms. The van der Waals surface area contributed by atoms with E-state index in [1.54, 1.807) is 48.5 Å². The van der Waals surface area contributed by atoms with Gasteiger partial charge in [0.1, 0.15) is 5.75 Å². The molecule has 30 heavy (non-hydrogen) atoms. The number of carbonyl (C=O) groups excluding carboxylic acids is 2. The van der Waals surface area contributed by atoms with Crippen LogP contribution in [-0.4, -0.2) is 51.3 Å². The molecule has 1 aliphatic heterocycles. The van der Waals surface area contributed by atoms with E-state index in [1.807, 2.05) is 0 Å². The van der Waals surface area contributed by atoms with Gasteiger partial charge in [-0.15, -0.1) is 0 Å². The topological polar surface area (TPSA) is 90.0 Å². The van der Waals surface area contributed by atoms with E-state index in [2.05, 4.69) is 15.9 Å². The van der Waals surface area contributed by atoms with Gasteiger partial charge < -0.3 is 9.47 Å². The third-order valence-electron chi connectivity index (χ3n) is 4.99. The summed E-state index contributed by atoms with van der Waals surface area (Å²) in [7, 11) is -2.04. The predicted octanol–water partition coefficient (Wildman–Crippen LogP) is 3.28. The molecular weight excluding hydrogens is 474 g/mol. The fraction of sp³-hybridized carbons (Fsp3) is 0.333. The van der Waals surface area contributed by atoms with Crippen LogP contribution in [0.5, 0.6) is 5.75 Å². The zero-order valence-corrected chi connectivity index (χ0v) is 18.8. The van der Waals surface area contributed by atoms with Crippen molar-refractivity contribution in [3.8, 4) is 5.75 Å². The monoisotopic (exact) mass is 495 g/mol. The maximum absolute atomic E-state index is 12.7. The Morgan fingerprint density at radius 1 is 1.10 bits per heavy atom. The van der Waals surface area contributed by atoms with Crippen LogP contribution in [0.4, 0.5) is 0 Å². The zero-order chi connectivity index (χ0) is 21.7. The Labute approximate surface area is 184 Å². The molecule has 3 rings (SSSR count). The Balaban J connectivity index is 1.52. The van der Waals surface area contributed by atoms with Gasteiger partial charge in [0, 0.05) is 18.7 Å². The van der Waals surface area contributed by atoms with Crippen molar-refractivity contribution in [3.63, 3.8) is 0 Å². The van der Waals surface area contributed by atoms with Gasteiger partial charge in [0.05, 0.1) is 22.4 Å². The molecular formula is C21H22BrNO6S. The summed E-state index contributed by atoms with van der Waals surface area (Å²) < 4.78 is 37.7. The van der Waals surface area contributed by atoms with Crippen LogP contribution >= 0.6 is 15.9 Å². The molecule has 0 aliphatic carbocycles. The largest absolute Gasteiger partial charge is 0.496 e. The SMILES string of the molecule is COc1ccc(C(=O)COC(=O)C2CCN(S(=O)(=O)c3ccccc3)CC2)cc1Br. The third kappa shape index (κ3) is 5.08. The van der Waals surface area contributed by atoms with E-state index in [0.717, 1.165) is 0 Å². The summed E-state index contributed by atoms with van der Waals surface area (Å²) >= 11 is 3.32. The van der Waals surface area contributed by atoms with E-state index >= 15 is 0 Å². The Kier molecular flexibility index (Phi) is 7.27. The summed E-state index contributed by atoms with van der Waals surface area (Å²) in [5.74, 6) is -0.633. The quantitative estimate of drug-likeness (QED) is 0.432. The molecule has 0 N–H and O–H groups in total. The number of methoxy groups -OCH3 is 1. The highest BCUT2D eigenvalue weighted by atomic mass is 79.9. The average Bonchev–Trinajstić information content (AvgIpc) is 2.77. The first-order valence-corrected chi connectivity index (χ1v) is 11.6. The maximum atomic E-state index is 12.7. The molecule has 0 amide bonds. The van der Waals surface area contributed by atoms with E-state index < -0.39 is 21.9 Å². The van der Waals surface area contributed by atoms with Crippen molar-refractivity contribution in [3.05, 3.63) is 58.6 Å². The van der Waals surface area contributed by atoms with Gasteiger partial charge in [-0.2, -0.15) is 4.31 Å². The lowest BCUT2D eigenvalue weighted by molar-refractivity contribution is -0.148. The summed E-state index contributed by atoms with van der Waals surface area (Å²) in [6.45, 7) is 0.104. The van der Waals surface area contributed by atoms with Gasteiger partial charge in [-0.3, -0.25) is 9.59 Å². The van der Waals surface area contributed by atoms with E-state index in [-0.39, 0.29) is 30.4 Å². The molecule has 160 valence electrons. The normalized spacial score (nSPS) is 15.5. The first kappa shape index (κ1) is 22.5. The molecule has 0 radical (unpaired) electrons. The van der Waals surface area contributed by atoms with Crippen molar-refractivity contribution in [1.82, 2.24) is 4.31 Å². The Hall–Kier alpha value is -2.23. The van der Waals surface area contributed by atoms with E-state index in [1.165, 1.54) is 11.4 Å². The van der Waals surface area contributed by atoms with E-state index in [0.29, 0.717) is 28.6 Å². The number of ether oxygens (including phenoxy) is 2. The van der Waals surface area contributed by atoms with Crippen molar-refractivity contribution < 1.29 is 27.5 Å². The number of nitrogens with zero attached hydrogens (tertiary/aromatic N) is 1. The average molecular weight is 496 g/mol. The maximum Gasteiger partial charge on any atom is 0.309 e. The number of esters is 1. The molecule has 1 heterocycles. The minimum Gasteiger partial charge on any atom is -0.496 e. The number of hydrogen-bond acceptors (Lipinski definition) is 6. The summed E-state index contributed by atoms with van der Waals surface area (Å²) in [5.41, 5.74) is 0.402. The molecule has 2 aromatic rings. The highest BCUT2D eigenvalue weighted by Crippen LogP contribution is 2.26. The van der Waals surface area contributed by atoms with Gasteiger partial charge in [-0.1, -0.05) is 18.2 Å². The van der Waals surface area contributed by atoms with Crippen LogP contribution in [-0.2, 0) is 19.6 Å². The Bertz CT molecular complexity index is 1020. The van der Waals surface area contributed by atoms with E-state index in [9.17, 15) is 18.0 Å². The van der Waals surface area contributed by atoms with Crippen molar-refractivity contribution in [2.75, 3.05) is 26.8 Å². The number of sulfonamides is 1. The highest BCUT2D eigenvalue weighted by molar-refractivity contribution is 9.10. The second-order valence-corrected chi connectivity index (χ2v) is 9.66. The second kappa shape index (κ2) is 9.72. The van der Waals surface area contributed by atoms with Gasteiger partial charge in [0.2, 0.25) is 10.0 Å². The van der Waals surface area contributed by atoms with Crippen molar-refractivity contribution >= 4 is 37.7 Å². The van der Waals surface area contributed by atoms with Crippen LogP contribution in [0.25, 0.3) is 0 Å². The summed E-state index contributed by atoms with van der Waals surface area (Å²) in [6, 6.07) is 13.1. The molecule has 0 saturated carbocycles. The fourth-order valence-corrected chi connectivity index (χ4v) is 5.28. The number of halogens is 1. The molecule has 0 unspecified atom stereocenters. The van der Waals surface area contributed by atoms with Crippen molar-refractivity contribution in [1.29, 1.82) is 0 Å². The van der Waals surface area contributed by atoms with Gasteiger partial charge >= 0.3 is 5.97 Å². The number of benzene rings is 2. The van der Waals surface area contributed by atoms with Crippen LogP contribution in [0.1, 0.15) is 23.2 Å². The minimum absolute atomic E-state index is 0.233. The first-order valence-electron chi connectivity index (χ1n) is 9.41. The van der Waals surface area contributed by atoms with Gasteiger partial charge in [-0.25, -0.2) is 8.42 Å². The minimum atomic E-state index is -3.57. The number of ketones is 1. The second-order valence-electron chi connectivity index (χ2n) is 6.87. The zero-order valence-electron chi connectivity index (χ0n) is 16.4. The van der Waals surface area contributed by atoms with Crippen LogP contribution in [0.2, 0.25) is 0 Å². The van der Waals surface area contributed by atoms with Crippen LogP contribution in [0.3, 0.4) is 0 Å². The van der Waals surface area contributed by atoms with Gasteiger partial charge in [0.25, 0.3) is 0 Å². The predicted molar refractivity (Wildman–Crippen MR) is 114 cm³/mol. The number of carbonyl (C=O) groups is 2. The Morgan fingerprint density at radius 3 is 2.37 bits per heavy atom. The lowest BCUT2D eigenvalue weighted by Gasteiger charge is -2.30. The highest BCUT2D eigenvalue weighted by Gasteiger charge is 2.33. The smallest absolute Gasteiger partial charge is 0.309 e. The van der Waals surface area contributed by atoms with Crippen LogP contribution in [0.15, 0.2) is 57.9 Å². The number of Topliss-reactive ketones (excluding diaryl/α,β-unsaturated/α-hetero) is 1. The third-order valence-corrected chi connectivity index (χ3v) is 7.52. The van der Waals surface area contributed by atoms with Crippen molar-refractivity contribution in [2.24, 2.45) is 5.92 Å². The fourth-order valence-electron chi connectivity index (χ4n) is 3.25. The molecule has 0 bridgehead atoms. The number of hydrogen-bond donors (Lipinski definition) is 0. The molecule has 0 spiro atoms. The molecule has 7 nitrogen and oxygen atoms in total. The standard InChI is InChI=1S/C21H22BrNO6S/c1-28-20-8-7-16(13-18(20)22)19(24)14-29-21(25)15-9-11-23(12-10-15)30(26,27)17-5-3-2-4-6-17/h2-8,13,15H,9-12,14H2,1H3. The molecule has 1 saturated heterocycles.